The van der Waals surface area contributed by atoms with Crippen molar-refractivity contribution < 1.29 is 14.4 Å². The number of urea groups is 2. The van der Waals surface area contributed by atoms with Gasteiger partial charge in [0.1, 0.15) is 6.04 Å². The number of likely N-dealkylation sites (tertiary alicyclic amines) is 1. The molecule has 0 saturated carbocycles. The molecule has 1 atom stereocenters. The summed E-state index contributed by atoms with van der Waals surface area (Å²) < 4.78 is 1.79. The van der Waals surface area contributed by atoms with Crippen molar-refractivity contribution in [3.05, 3.63) is 60.3 Å². The second kappa shape index (κ2) is 10.9. The summed E-state index contributed by atoms with van der Waals surface area (Å²) in [7, 11) is 0. The normalized spacial score (nSPS) is 19.0. The molecule has 11 nitrogen and oxygen atoms in total. The number of piperidine rings is 1. The molecule has 3 aliphatic heterocycles. The van der Waals surface area contributed by atoms with Crippen LogP contribution in [0.1, 0.15) is 18.4 Å². The Morgan fingerprint density at radius 2 is 1.72 bits per heavy atom. The number of benzene rings is 2. The molecule has 1 unspecified atom stereocenters. The zero-order chi connectivity index (χ0) is 26.8. The highest BCUT2D eigenvalue weighted by molar-refractivity contribution is 5.92. The van der Waals surface area contributed by atoms with Crippen molar-refractivity contribution in [2.75, 3.05) is 44.6 Å². The lowest BCUT2D eigenvalue weighted by Crippen LogP contribution is -2.58. The number of carbonyl (C=O) groups excluding carboxylic acids is 3. The minimum atomic E-state index is -0.735. The number of hydrogen-bond donors (Lipinski definition) is 3. The summed E-state index contributed by atoms with van der Waals surface area (Å²) in [5.74, 6) is -0.0945. The number of aromatic nitrogens is 2. The highest BCUT2D eigenvalue weighted by Gasteiger charge is 2.34. The molecule has 1 aromatic heterocycles. The lowest BCUT2D eigenvalue weighted by molar-refractivity contribution is -0.134. The van der Waals surface area contributed by atoms with Crippen LogP contribution in [0, 0.1) is 0 Å². The van der Waals surface area contributed by atoms with Crippen LogP contribution in [0.3, 0.4) is 0 Å². The molecule has 3 aliphatic rings. The summed E-state index contributed by atoms with van der Waals surface area (Å²) >= 11 is 0. The number of rotatable bonds is 5. The maximum Gasteiger partial charge on any atom is 0.322 e. The molecule has 11 heteroatoms. The summed E-state index contributed by atoms with van der Waals surface area (Å²) in [6.45, 7) is 4.54. The van der Waals surface area contributed by atoms with Gasteiger partial charge in [0.15, 0.2) is 0 Å². The van der Waals surface area contributed by atoms with Gasteiger partial charge in [-0.15, -0.1) is 0 Å². The first-order chi connectivity index (χ1) is 19.1. The first kappa shape index (κ1) is 25.2. The van der Waals surface area contributed by atoms with Crippen LogP contribution >= 0.6 is 0 Å². The maximum absolute atomic E-state index is 13.5. The lowest BCUT2D eigenvalue weighted by atomic mass is 10.0. The zero-order valence-corrected chi connectivity index (χ0v) is 21.9. The Labute approximate surface area is 227 Å². The van der Waals surface area contributed by atoms with E-state index in [-0.39, 0.29) is 30.6 Å². The number of fused-ring (bicyclic) bond motifs is 2. The van der Waals surface area contributed by atoms with Crippen molar-refractivity contribution in [3.8, 4) is 0 Å². The average Bonchev–Trinajstić information content (AvgIpc) is 3.39. The molecule has 0 radical (unpaired) electrons. The van der Waals surface area contributed by atoms with E-state index in [1.165, 1.54) is 0 Å². The fraction of sp³-hybridized carbons (Fsp3) is 0.429. The highest BCUT2D eigenvalue weighted by atomic mass is 16.2. The van der Waals surface area contributed by atoms with Gasteiger partial charge in [0, 0.05) is 62.9 Å². The van der Waals surface area contributed by atoms with Crippen LogP contribution in [-0.2, 0) is 17.9 Å². The van der Waals surface area contributed by atoms with Crippen molar-refractivity contribution in [2.24, 2.45) is 0 Å². The first-order valence-electron chi connectivity index (χ1n) is 13.7. The molecule has 6 rings (SSSR count). The highest BCUT2D eigenvalue weighted by Crippen LogP contribution is 2.27. The van der Waals surface area contributed by atoms with E-state index in [1.807, 2.05) is 58.3 Å². The maximum atomic E-state index is 13.5. The number of para-hydroxylation sites is 2. The number of hydrogen-bond acceptors (Lipinski definition) is 5. The van der Waals surface area contributed by atoms with E-state index in [9.17, 15) is 14.4 Å². The molecule has 2 aromatic carbocycles. The molecule has 2 fully saturated rings. The van der Waals surface area contributed by atoms with Crippen LogP contribution in [0.2, 0.25) is 0 Å². The Morgan fingerprint density at radius 1 is 0.974 bits per heavy atom. The molecule has 0 bridgehead atoms. The van der Waals surface area contributed by atoms with E-state index >= 15 is 0 Å². The second-order valence-corrected chi connectivity index (χ2v) is 10.4. The Kier molecular flexibility index (Phi) is 7.06. The quantitative estimate of drug-likeness (QED) is 0.467. The fourth-order valence-corrected chi connectivity index (χ4v) is 5.77. The number of nitrogens with one attached hydrogen (secondary N) is 3. The average molecular weight is 531 g/mol. The topological polar surface area (TPSA) is 115 Å². The minimum absolute atomic E-state index is 0.0520. The second-order valence-electron chi connectivity index (χ2n) is 10.4. The molecular weight excluding hydrogens is 496 g/mol. The van der Waals surface area contributed by atoms with Gasteiger partial charge in [0.25, 0.3) is 0 Å². The van der Waals surface area contributed by atoms with E-state index in [1.54, 1.807) is 15.8 Å². The first-order valence-corrected chi connectivity index (χ1v) is 13.7. The summed E-state index contributed by atoms with van der Waals surface area (Å²) in [6, 6.07) is 14.7. The van der Waals surface area contributed by atoms with E-state index in [0.29, 0.717) is 45.6 Å². The Balaban J connectivity index is 1.11. The zero-order valence-electron chi connectivity index (χ0n) is 21.9. The molecule has 4 heterocycles. The smallest absolute Gasteiger partial charge is 0.322 e. The van der Waals surface area contributed by atoms with Gasteiger partial charge >= 0.3 is 12.1 Å². The number of nitrogens with zero attached hydrogens (tertiary/aromatic N) is 5. The summed E-state index contributed by atoms with van der Waals surface area (Å²) in [6.07, 6.45) is 3.15. The van der Waals surface area contributed by atoms with Gasteiger partial charge in [-0.05, 0) is 30.5 Å². The summed E-state index contributed by atoms with van der Waals surface area (Å²) in [4.78, 5) is 45.1. The van der Waals surface area contributed by atoms with Crippen molar-refractivity contribution in [1.29, 1.82) is 0 Å². The van der Waals surface area contributed by atoms with Crippen LogP contribution in [0.15, 0.2) is 54.7 Å². The van der Waals surface area contributed by atoms with E-state index < -0.39 is 6.04 Å². The van der Waals surface area contributed by atoms with Gasteiger partial charge in [0.05, 0.1) is 18.3 Å². The molecule has 204 valence electrons. The molecule has 0 aliphatic carbocycles. The Hall–Kier alpha value is -4.12. The largest absolute Gasteiger partial charge is 0.338 e. The fourth-order valence-electron chi connectivity index (χ4n) is 5.77. The molecular formula is C28H34N8O3. The van der Waals surface area contributed by atoms with Crippen LogP contribution in [0.5, 0.6) is 0 Å². The summed E-state index contributed by atoms with van der Waals surface area (Å²) in [5.41, 5.74) is 2.88. The van der Waals surface area contributed by atoms with Gasteiger partial charge in [-0.3, -0.25) is 9.48 Å². The third kappa shape index (κ3) is 5.26. The molecule has 5 amide bonds. The van der Waals surface area contributed by atoms with Gasteiger partial charge < -0.3 is 30.7 Å². The van der Waals surface area contributed by atoms with Gasteiger partial charge in [-0.25, -0.2) is 9.59 Å². The third-order valence-corrected chi connectivity index (χ3v) is 7.98. The van der Waals surface area contributed by atoms with Crippen LogP contribution < -0.4 is 16.0 Å². The van der Waals surface area contributed by atoms with Crippen LogP contribution in [-0.4, -0.2) is 93.8 Å². The van der Waals surface area contributed by atoms with Crippen molar-refractivity contribution in [3.63, 3.8) is 0 Å². The molecule has 3 aromatic rings. The van der Waals surface area contributed by atoms with Crippen molar-refractivity contribution >= 4 is 34.6 Å². The van der Waals surface area contributed by atoms with E-state index in [0.717, 1.165) is 35.2 Å². The molecule has 2 saturated heterocycles. The minimum Gasteiger partial charge on any atom is -0.338 e. The van der Waals surface area contributed by atoms with Crippen LogP contribution in [0.4, 0.5) is 15.3 Å². The van der Waals surface area contributed by atoms with Crippen molar-refractivity contribution in [2.45, 2.75) is 38.0 Å². The summed E-state index contributed by atoms with van der Waals surface area (Å²) in [5, 5.41) is 14.8. The van der Waals surface area contributed by atoms with Crippen molar-refractivity contribution in [1.82, 2.24) is 35.1 Å². The number of anilines is 1. The predicted molar refractivity (Wildman–Crippen MR) is 147 cm³/mol. The van der Waals surface area contributed by atoms with E-state index in [4.69, 9.17) is 0 Å². The monoisotopic (exact) mass is 530 g/mol. The number of amides is 5. The molecule has 0 spiro atoms. The van der Waals surface area contributed by atoms with Gasteiger partial charge in [-0.2, -0.15) is 5.10 Å². The standard InChI is InChI=1S/C28H34N8O3/c37-26(33-15-11-29-12-16-33)24(19-36-25-8-4-2-5-20(25)17-30-36)32-27(38)34-13-9-22(10-14-34)35-18-21-6-1-3-7-23(21)31-28(35)39/h1-8,17,22,24,29H,9-16,18-19H2,(H,31,39)(H,32,38). The van der Waals surface area contributed by atoms with Gasteiger partial charge in [-0.1, -0.05) is 36.4 Å². The molecule has 3 N–H and O–H groups in total. The number of piperazine rings is 1. The third-order valence-electron chi connectivity index (χ3n) is 7.98. The Bertz CT molecular complexity index is 1360. The molecule has 39 heavy (non-hydrogen) atoms. The number of carbonyl (C=O) groups is 3. The SMILES string of the molecule is O=C(NC(Cn1ncc2ccccc21)C(=O)N1CCNCC1)N1CCC(N2Cc3ccccc3NC2=O)CC1. The lowest BCUT2D eigenvalue weighted by Gasteiger charge is -2.41. The van der Waals surface area contributed by atoms with Gasteiger partial charge in [0.2, 0.25) is 5.91 Å². The van der Waals surface area contributed by atoms with Crippen LogP contribution in [0.25, 0.3) is 10.9 Å². The Morgan fingerprint density at radius 3 is 2.54 bits per heavy atom. The van der Waals surface area contributed by atoms with E-state index in [2.05, 4.69) is 21.0 Å². The predicted octanol–water partition coefficient (Wildman–Crippen LogP) is 2.06.